The van der Waals surface area contributed by atoms with Gasteiger partial charge in [0.2, 0.25) is 5.91 Å². The predicted octanol–water partition coefficient (Wildman–Crippen LogP) is 3.61. The standard InChI is InChI=1S/C20H20ClN3O2/c21-15-7-9-17(10-8-15)24-13-16(12-19(24)25)22-20(26)23-11-3-5-14-4-1-2-6-18(14)23/h1-2,4,6-10,16H,3,5,11-13H2,(H,22,26)/t16-/m0/s1. The molecule has 2 aromatic carbocycles. The molecule has 0 unspecified atom stereocenters. The average Bonchev–Trinajstić information content (AvgIpc) is 3.02. The van der Waals surface area contributed by atoms with Gasteiger partial charge in [0.15, 0.2) is 0 Å². The Hall–Kier alpha value is -2.53. The summed E-state index contributed by atoms with van der Waals surface area (Å²) < 4.78 is 0. The summed E-state index contributed by atoms with van der Waals surface area (Å²) in [7, 11) is 0. The number of aryl methyl sites for hydroxylation is 1. The Morgan fingerprint density at radius 2 is 1.88 bits per heavy atom. The van der Waals surface area contributed by atoms with E-state index in [1.54, 1.807) is 21.9 Å². The van der Waals surface area contributed by atoms with Gasteiger partial charge in [0, 0.05) is 35.9 Å². The van der Waals surface area contributed by atoms with Crippen molar-refractivity contribution < 1.29 is 9.59 Å². The second-order valence-corrected chi connectivity index (χ2v) is 7.15. The molecule has 2 aliphatic rings. The number of hydrogen-bond donors (Lipinski definition) is 1. The molecule has 26 heavy (non-hydrogen) atoms. The zero-order chi connectivity index (χ0) is 18.1. The Labute approximate surface area is 157 Å². The van der Waals surface area contributed by atoms with E-state index in [1.165, 1.54) is 5.56 Å². The molecule has 5 nitrogen and oxygen atoms in total. The third-order valence-corrected chi connectivity index (χ3v) is 5.20. The Kier molecular flexibility index (Phi) is 4.55. The van der Waals surface area contributed by atoms with Gasteiger partial charge in [-0.3, -0.25) is 9.69 Å². The van der Waals surface area contributed by atoms with Crippen LogP contribution in [0, 0.1) is 0 Å². The first-order valence-electron chi connectivity index (χ1n) is 8.84. The fourth-order valence-corrected chi connectivity index (χ4v) is 3.80. The maximum absolute atomic E-state index is 12.8. The smallest absolute Gasteiger partial charge is 0.322 e. The molecular formula is C20H20ClN3O2. The number of carbonyl (C=O) groups is 2. The van der Waals surface area contributed by atoms with Crippen molar-refractivity contribution in [1.29, 1.82) is 0 Å². The van der Waals surface area contributed by atoms with E-state index < -0.39 is 0 Å². The normalized spacial score (nSPS) is 19.4. The van der Waals surface area contributed by atoms with Crippen LogP contribution >= 0.6 is 11.6 Å². The highest BCUT2D eigenvalue weighted by Gasteiger charge is 2.33. The average molecular weight is 370 g/mol. The van der Waals surface area contributed by atoms with Crippen molar-refractivity contribution in [3.8, 4) is 0 Å². The Bertz CT molecular complexity index is 837. The molecule has 1 atom stereocenters. The quantitative estimate of drug-likeness (QED) is 0.879. The highest BCUT2D eigenvalue weighted by molar-refractivity contribution is 6.30. The molecule has 2 aromatic rings. The summed E-state index contributed by atoms with van der Waals surface area (Å²) in [5.41, 5.74) is 2.97. The Morgan fingerprint density at radius 1 is 1.12 bits per heavy atom. The molecule has 6 heteroatoms. The zero-order valence-corrected chi connectivity index (χ0v) is 15.1. The second-order valence-electron chi connectivity index (χ2n) is 6.72. The Morgan fingerprint density at radius 3 is 2.69 bits per heavy atom. The molecule has 3 amide bonds. The molecule has 0 radical (unpaired) electrons. The zero-order valence-electron chi connectivity index (χ0n) is 14.3. The summed E-state index contributed by atoms with van der Waals surface area (Å²) in [5.74, 6) is 0.0108. The molecule has 0 aromatic heterocycles. The monoisotopic (exact) mass is 369 g/mol. The number of amides is 3. The minimum Gasteiger partial charge on any atom is -0.333 e. The fraction of sp³-hybridized carbons (Fsp3) is 0.300. The number of carbonyl (C=O) groups excluding carboxylic acids is 2. The second kappa shape index (κ2) is 7.00. The molecule has 1 N–H and O–H groups in total. The molecule has 0 spiro atoms. The van der Waals surface area contributed by atoms with Crippen molar-refractivity contribution in [2.75, 3.05) is 22.9 Å². The van der Waals surface area contributed by atoms with E-state index in [9.17, 15) is 9.59 Å². The lowest BCUT2D eigenvalue weighted by Gasteiger charge is -2.30. The van der Waals surface area contributed by atoms with Gasteiger partial charge in [-0.1, -0.05) is 29.8 Å². The molecule has 134 valence electrons. The molecule has 1 fully saturated rings. The SMILES string of the molecule is O=C1C[C@H](NC(=O)N2CCCc3ccccc32)CN1c1ccc(Cl)cc1. The van der Waals surface area contributed by atoms with Crippen molar-refractivity contribution in [3.05, 3.63) is 59.1 Å². The number of urea groups is 1. The summed E-state index contributed by atoms with van der Waals surface area (Å²) in [4.78, 5) is 28.6. The maximum Gasteiger partial charge on any atom is 0.322 e. The topological polar surface area (TPSA) is 52.7 Å². The van der Waals surface area contributed by atoms with Crippen LogP contribution in [0.25, 0.3) is 0 Å². The van der Waals surface area contributed by atoms with Crippen molar-refractivity contribution in [2.45, 2.75) is 25.3 Å². The fourth-order valence-electron chi connectivity index (χ4n) is 3.67. The predicted molar refractivity (Wildman–Crippen MR) is 103 cm³/mol. The van der Waals surface area contributed by atoms with E-state index in [-0.39, 0.29) is 18.0 Å². The number of fused-ring (bicyclic) bond motifs is 1. The van der Waals surface area contributed by atoms with Crippen LogP contribution in [0.2, 0.25) is 5.02 Å². The molecule has 4 rings (SSSR count). The van der Waals surface area contributed by atoms with Gasteiger partial charge in [-0.25, -0.2) is 4.79 Å². The number of nitrogens with one attached hydrogen (secondary N) is 1. The molecular weight excluding hydrogens is 350 g/mol. The lowest BCUT2D eigenvalue weighted by molar-refractivity contribution is -0.117. The van der Waals surface area contributed by atoms with E-state index in [2.05, 4.69) is 11.4 Å². The van der Waals surface area contributed by atoms with Gasteiger partial charge in [-0.15, -0.1) is 0 Å². The van der Waals surface area contributed by atoms with Gasteiger partial charge in [0.05, 0.1) is 6.04 Å². The first-order chi connectivity index (χ1) is 12.6. The number of nitrogens with zero attached hydrogens (tertiary/aromatic N) is 2. The van der Waals surface area contributed by atoms with Crippen LogP contribution in [0.3, 0.4) is 0 Å². The molecule has 0 saturated carbocycles. The summed E-state index contributed by atoms with van der Waals surface area (Å²) in [6.45, 7) is 1.17. The minimum absolute atomic E-state index is 0.0108. The third-order valence-electron chi connectivity index (χ3n) is 4.95. The lowest BCUT2D eigenvalue weighted by Crippen LogP contribution is -2.47. The lowest BCUT2D eigenvalue weighted by atomic mass is 10.0. The van der Waals surface area contributed by atoms with Crippen LogP contribution in [0.1, 0.15) is 18.4 Å². The highest BCUT2D eigenvalue weighted by Crippen LogP contribution is 2.27. The Balaban J connectivity index is 1.45. The number of halogens is 1. The van der Waals surface area contributed by atoms with Gasteiger partial charge < -0.3 is 10.2 Å². The molecule has 0 bridgehead atoms. The number of hydrogen-bond acceptors (Lipinski definition) is 2. The van der Waals surface area contributed by atoms with Gasteiger partial charge in [-0.2, -0.15) is 0 Å². The molecule has 1 saturated heterocycles. The number of benzene rings is 2. The van der Waals surface area contributed by atoms with Crippen LogP contribution < -0.4 is 15.1 Å². The van der Waals surface area contributed by atoms with Gasteiger partial charge in [0.1, 0.15) is 0 Å². The largest absolute Gasteiger partial charge is 0.333 e. The number of anilines is 2. The van der Waals surface area contributed by atoms with Crippen molar-refractivity contribution in [3.63, 3.8) is 0 Å². The van der Waals surface area contributed by atoms with Gasteiger partial charge >= 0.3 is 6.03 Å². The van der Waals surface area contributed by atoms with E-state index in [4.69, 9.17) is 11.6 Å². The molecule has 0 aliphatic carbocycles. The summed E-state index contributed by atoms with van der Waals surface area (Å²) >= 11 is 5.91. The van der Waals surface area contributed by atoms with Crippen LogP contribution in [0.5, 0.6) is 0 Å². The maximum atomic E-state index is 12.8. The van der Waals surface area contributed by atoms with Crippen LogP contribution in [-0.2, 0) is 11.2 Å². The van der Waals surface area contributed by atoms with E-state index in [0.29, 0.717) is 24.5 Å². The van der Waals surface area contributed by atoms with Crippen LogP contribution in [-0.4, -0.2) is 31.1 Å². The highest BCUT2D eigenvalue weighted by atomic mass is 35.5. The third kappa shape index (κ3) is 3.27. The first kappa shape index (κ1) is 16.9. The van der Waals surface area contributed by atoms with Gasteiger partial charge in [-0.05, 0) is 48.7 Å². The van der Waals surface area contributed by atoms with E-state index >= 15 is 0 Å². The van der Waals surface area contributed by atoms with Crippen molar-refractivity contribution in [1.82, 2.24) is 5.32 Å². The number of rotatable bonds is 2. The molecule has 2 heterocycles. The minimum atomic E-state index is -0.195. The van der Waals surface area contributed by atoms with E-state index in [0.717, 1.165) is 24.2 Å². The summed E-state index contributed by atoms with van der Waals surface area (Å²) in [6.07, 6.45) is 2.25. The summed E-state index contributed by atoms with van der Waals surface area (Å²) in [6, 6.07) is 14.8. The summed E-state index contributed by atoms with van der Waals surface area (Å²) in [5, 5.41) is 3.66. The molecule has 2 aliphatic heterocycles. The van der Waals surface area contributed by atoms with Crippen molar-refractivity contribution in [2.24, 2.45) is 0 Å². The van der Waals surface area contributed by atoms with Gasteiger partial charge in [0.25, 0.3) is 0 Å². The first-order valence-corrected chi connectivity index (χ1v) is 9.21. The van der Waals surface area contributed by atoms with E-state index in [1.807, 2.05) is 30.3 Å². The van der Waals surface area contributed by atoms with Crippen LogP contribution in [0.4, 0.5) is 16.2 Å². The number of para-hydroxylation sites is 1. The van der Waals surface area contributed by atoms with Crippen molar-refractivity contribution >= 4 is 34.9 Å². The van der Waals surface area contributed by atoms with Crippen LogP contribution in [0.15, 0.2) is 48.5 Å².